The fraction of sp³-hybridized carbons (Fsp3) is 0.296. The molecule has 0 bridgehead atoms. The van der Waals surface area contributed by atoms with Gasteiger partial charge in [0.25, 0.3) is 5.91 Å². The lowest BCUT2D eigenvalue weighted by Crippen LogP contribution is -2.28. The first-order chi connectivity index (χ1) is 17.8. The first-order valence-corrected chi connectivity index (χ1v) is 12.8. The highest BCUT2D eigenvalue weighted by Gasteiger charge is 2.30. The van der Waals surface area contributed by atoms with Crippen molar-refractivity contribution in [3.8, 4) is 5.95 Å². The van der Waals surface area contributed by atoms with E-state index in [0.717, 1.165) is 37.0 Å². The average Bonchev–Trinajstić information content (AvgIpc) is 3.29. The highest BCUT2D eigenvalue weighted by molar-refractivity contribution is 6.37. The van der Waals surface area contributed by atoms with Gasteiger partial charge in [-0.05, 0) is 48.7 Å². The van der Waals surface area contributed by atoms with E-state index in [9.17, 15) is 18.0 Å². The minimum Gasteiger partial charge on any atom is -0.351 e. The van der Waals surface area contributed by atoms with Crippen molar-refractivity contribution < 1.29 is 18.0 Å². The van der Waals surface area contributed by atoms with E-state index in [0.29, 0.717) is 39.7 Å². The fourth-order valence-corrected chi connectivity index (χ4v) is 4.76. The van der Waals surface area contributed by atoms with Crippen molar-refractivity contribution in [1.82, 2.24) is 19.9 Å². The van der Waals surface area contributed by atoms with Crippen molar-refractivity contribution >= 4 is 40.0 Å². The van der Waals surface area contributed by atoms with E-state index in [2.05, 4.69) is 15.3 Å². The molecule has 4 aromatic rings. The Kier molecular flexibility index (Phi) is 8.71. The molecule has 37 heavy (non-hydrogen) atoms. The van der Waals surface area contributed by atoms with Crippen LogP contribution in [0.1, 0.15) is 53.1 Å². The molecule has 2 heterocycles. The van der Waals surface area contributed by atoms with Crippen LogP contribution >= 0.6 is 23.2 Å². The Labute approximate surface area is 222 Å². The van der Waals surface area contributed by atoms with Crippen LogP contribution in [0.15, 0.2) is 67.1 Å². The zero-order valence-electron chi connectivity index (χ0n) is 19.8. The summed E-state index contributed by atoms with van der Waals surface area (Å²) in [6.45, 7) is 0.254. The maximum Gasteiger partial charge on any atom is 0.416 e. The molecule has 0 aliphatic heterocycles. The summed E-state index contributed by atoms with van der Waals surface area (Å²) in [5.41, 5.74) is 1.08. The summed E-state index contributed by atoms with van der Waals surface area (Å²) < 4.78 is 40.8. The van der Waals surface area contributed by atoms with Crippen LogP contribution in [0.3, 0.4) is 0 Å². The lowest BCUT2D eigenvalue weighted by Gasteiger charge is -2.19. The largest absolute Gasteiger partial charge is 0.416 e. The molecule has 0 fully saturated rings. The summed E-state index contributed by atoms with van der Waals surface area (Å²) in [6, 6.07) is 12.1. The van der Waals surface area contributed by atoms with Crippen LogP contribution in [0.2, 0.25) is 5.02 Å². The Morgan fingerprint density at radius 3 is 2.41 bits per heavy atom. The molecule has 1 unspecified atom stereocenters. The molecule has 2 aromatic heterocycles. The highest BCUT2D eigenvalue weighted by atomic mass is 35.5. The van der Waals surface area contributed by atoms with Gasteiger partial charge in [-0.1, -0.05) is 42.6 Å². The number of carbonyl (C=O) groups is 1. The normalized spacial score (nSPS) is 12.6. The Bertz CT molecular complexity index is 1340. The summed E-state index contributed by atoms with van der Waals surface area (Å²) >= 11 is 12.3. The molecule has 2 aromatic carbocycles. The number of unbranched alkanes of at least 4 members (excludes halogenated alkanes) is 2. The van der Waals surface area contributed by atoms with Gasteiger partial charge < -0.3 is 5.32 Å². The van der Waals surface area contributed by atoms with Gasteiger partial charge in [-0.3, -0.25) is 9.36 Å². The van der Waals surface area contributed by atoms with E-state index in [1.54, 1.807) is 41.4 Å². The Morgan fingerprint density at radius 1 is 1.00 bits per heavy atom. The number of hydrogen-bond acceptors (Lipinski definition) is 3. The number of aromatic nitrogens is 3. The molecule has 0 spiro atoms. The highest BCUT2D eigenvalue weighted by Crippen LogP contribution is 2.32. The predicted octanol–water partition coefficient (Wildman–Crippen LogP) is 7.41. The third-order valence-electron chi connectivity index (χ3n) is 6.20. The molecule has 0 saturated heterocycles. The smallest absolute Gasteiger partial charge is 0.351 e. The zero-order chi connectivity index (χ0) is 26.4. The van der Waals surface area contributed by atoms with Gasteiger partial charge in [0.2, 0.25) is 5.95 Å². The van der Waals surface area contributed by atoms with Gasteiger partial charge in [-0.25, -0.2) is 9.97 Å². The Hall–Kier alpha value is -3.10. The molecule has 0 aliphatic rings. The number of benzene rings is 2. The van der Waals surface area contributed by atoms with Gasteiger partial charge in [-0.2, -0.15) is 13.2 Å². The number of amides is 1. The zero-order valence-corrected chi connectivity index (χ0v) is 21.3. The molecule has 0 radical (unpaired) electrons. The van der Waals surface area contributed by atoms with E-state index in [-0.39, 0.29) is 18.4 Å². The van der Waals surface area contributed by atoms with Crippen LogP contribution in [-0.2, 0) is 6.18 Å². The number of nitrogens with one attached hydrogen (secondary N) is 1. The predicted molar refractivity (Wildman–Crippen MR) is 140 cm³/mol. The van der Waals surface area contributed by atoms with Crippen molar-refractivity contribution in [1.29, 1.82) is 0 Å². The number of fused-ring (bicyclic) bond motifs is 1. The second kappa shape index (κ2) is 12.0. The number of halogens is 5. The van der Waals surface area contributed by atoms with Crippen LogP contribution < -0.4 is 5.32 Å². The van der Waals surface area contributed by atoms with Gasteiger partial charge in [0.05, 0.1) is 21.7 Å². The topological polar surface area (TPSA) is 59.8 Å². The summed E-state index contributed by atoms with van der Waals surface area (Å²) in [4.78, 5) is 21.9. The number of nitrogens with zero attached hydrogens (tertiary/aromatic N) is 3. The molecular formula is C27H25Cl2F3N4O. The quantitative estimate of drug-likeness (QED) is 0.166. The van der Waals surface area contributed by atoms with E-state index in [1.807, 2.05) is 6.07 Å². The van der Waals surface area contributed by atoms with Gasteiger partial charge in [0, 0.05) is 42.3 Å². The second-order valence-electron chi connectivity index (χ2n) is 8.66. The average molecular weight is 549 g/mol. The van der Waals surface area contributed by atoms with Crippen molar-refractivity contribution in [2.24, 2.45) is 0 Å². The van der Waals surface area contributed by atoms with Crippen LogP contribution in [0.4, 0.5) is 13.2 Å². The van der Waals surface area contributed by atoms with Gasteiger partial charge in [0.15, 0.2) is 0 Å². The first-order valence-electron chi connectivity index (χ1n) is 11.9. The van der Waals surface area contributed by atoms with Crippen LogP contribution in [-0.4, -0.2) is 32.9 Å². The molecule has 1 atom stereocenters. The van der Waals surface area contributed by atoms with Crippen molar-refractivity contribution in [3.63, 3.8) is 0 Å². The fourth-order valence-electron chi connectivity index (χ4n) is 4.30. The minimum absolute atomic E-state index is 0.164. The van der Waals surface area contributed by atoms with Crippen molar-refractivity contribution in [3.05, 3.63) is 88.8 Å². The molecule has 1 N–H and O–H groups in total. The third-order valence-corrected chi connectivity index (χ3v) is 6.78. The molecule has 10 heteroatoms. The monoisotopic (exact) mass is 548 g/mol. The second-order valence-corrected chi connectivity index (χ2v) is 9.45. The molecule has 4 rings (SSSR count). The molecular weight excluding hydrogens is 524 g/mol. The maximum absolute atomic E-state index is 13.4. The van der Waals surface area contributed by atoms with E-state index >= 15 is 0 Å². The Balaban J connectivity index is 1.58. The van der Waals surface area contributed by atoms with Gasteiger partial charge in [0.1, 0.15) is 0 Å². The van der Waals surface area contributed by atoms with Crippen molar-refractivity contribution in [2.45, 2.75) is 37.8 Å². The van der Waals surface area contributed by atoms with E-state index in [1.165, 1.54) is 12.1 Å². The maximum atomic E-state index is 13.4. The number of hydrogen-bond donors (Lipinski definition) is 1. The summed E-state index contributed by atoms with van der Waals surface area (Å²) in [7, 11) is 0. The van der Waals surface area contributed by atoms with Crippen LogP contribution in [0.5, 0.6) is 0 Å². The summed E-state index contributed by atoms with van der Waals surface area (Å²) in [6.07, 6.45) is 3.75. The lowest BCUT2D eigenvalue weighted by molar-refractivity contribution is -0.137. The standard InChI is InChI=1S/C27H25Cl2F3N4O/c28-13-3-1-2-6-19(18-9-11-20(12-10-18)27(30,31)32)16-35-25(37)21-17-36(26-33-14-5-15-34-26)23-8-4-7-22(29)24(21)23/h4-5,7-12,14-15,17,19H,1-3,6,13,16H2,(H,35,37). The summed E-state index contributed by atoms with van der Waals surface area (Å²) in [5, 5.41) is 3.95. The van der Waals surface area contributed by atoms with Crippen molar-refractivity contribution in [2.75, 3.05) is 12.4 Å². The molecule has 0 aliphatic carbocycles. The number of alkyl halides is 4. The number of carbonyl (C=O) groups excluding carboxylic acids is 1. The van der Waals surface area contributed by atoms with E-state index < -0.39 is 11.7 Å². The van der Waals surface area contributed by atoms with Crippen LogP contribution in [0.25, 0.3) is 16.9 Å². The molecule has 194 valence electrons. The van der Waals surface area contributed by atoms with Gasteiger partial charge in [-0.15, -0.1) is 11.6 Å². The Morgan fingerprint density at radius 2 is 1.73 bits per heavy atom. The summed E-state index contributed by atoms with van der Waals surface area (Å²) in [5.74, 6) is 0.446. The molecule has 0 saturated carbocycles. The van der Waals surface area contributed by atoms with E-state index in [4.69, 9.17) is 23.2 Å². The van der Waals surface area contributed by atoms with Gasteiger partial charge >= 0.3 is 6.18 Å². The van der Waals surface area contributed by atoms with Crippen LogP contribution in [0, 0.1) is 0 Å². The molecule has 1 amide bonds. The third kappa shape index (κ3) is 6.43. The SMILES string of the molecule is O=C(NCC(CCCCCCl)c1ccc(C(F)(F)F)cc1)c1cn(-c2ncccn2)c2cccc(Cl)c12. The minimum atomic E-state index is -4.40. The lowest BCUT2D eigenvalue weighted by atomic mass is 9.92. The first kappa shape index (κ1) is 26.9. The molecule has 5 nitrogen and oxygen atoms in total. The number of rotatable bonds is 10.